The molecular weight excluding hydrogens is 350 g/mol. The molecule has 0 aliphatic carbocycles. The van der Waals surface area contributed by atoms with Crippen LogP contribution in [0.3, 0.4) is 0 Å². The van der Waals surface area contributed by atoms with E-state index in [1.54, 1.807) is 10.9 Å². The quantitative estimate of drug-likeness (QED) is 0.804. The van der Waals surface area contributed by atoms with Gasteiger partial charge in [-0.15, -0.1) is 11.3 Å². The Hall–Kier alpha value is -1.96. The summed E-state index contributed by atoms with van der Waals surface area (Å²) in [4.78, 5) is 20.9. The Kier molecular flexibility index (Phi) is 6.60. The van der Waals surface area contributed by atoms with Crippen molar-refractivity contribution in [1.82, 2.24) is 14.8 Å². The molecule has 1 saturated heterocycles. The molecule has 0 radical (unpaired) electrons. The van der Waals surface area contributed by atoms with Crippen LogP contribution in [-0.2, 0) is 6.54 Å². The van der Waals surface area contributed by atoms with Gasteiger partial charge in [0.1, 0.15) is 11.4 Å². The van der Waals surface area contributed by atoms with E-state index < -0.39 is 0 Å². The van der Waals surface area contributed by atoms with Crippen LogP contribution in [-0.4, -0.2) is 64.7 Å². The third kappa shape index (κ3) is 4.41. The van der Waals surface area contributed by atoms with Crippen LogP contribution < -0.4 is 4.74 Å². The Morgan fingerprint density at radius 1 is 1.38 bits per heavy atom. The summed E-state index contributed by atoms with van der Waals surface area (Å²) in [6, 6.07) is 8.17. The molecule has 1 N–H and O–H groups in total. The number of nitrogens with zero attached hydrogens (tertiary/aromatic N) is 3. The predicted molar refractivity (Wildman–Crippen MR) is 102 cm³/mol. The van der Waals surface area contributed by atoms with Gasteiger partial charge >= 0.3 is 0 Å². The van der Waals surface area contributed by atoms with Gasteiger partial charge in [-0.1, -0.05) is 18.2 Å². The molecular formula is C19H25N3O3S. The number of thiazole rings is 1. The summed E-state index contributed by atoms with van der Waals surface area (Å²) in [7, 11) is 0. The second-order valence-corrected chi connectivity index (χ2v) is 7.02. The van der Waals surface area contributed by atoms with Gasteiger partial charge in [0, 0.05) is 49.8 Å². The first-order valence-electron chi connectivity index (χ1n) is 8.96. The SMILES string of the molecule is CCOc1ccccc1CN1CCN(C(=O)c2cscn2)C[C@H]1CCO. The van der Waals surface area contributed by atoms with Gasteiger partial charge in [0.25, 0.3) is 5.91 Å². The zero-order chi connectivity index (χ0) is 18.4. The highest BCUT2D eigenvalue weighted by atomic mass is 32.1. The number of hydrogen-bond acceptors (Lipinski definition) is 6. The van der Waals surface area contributed by atoms with E-state index in [0.29, 0.717) is 31.8 Å². The Morgan fingerprint density at radius 3 is 2.96 bits per heavy atom. The van der Waals surface area contributed by atoms with Gasteiger partial charge in [-0.2, -0.15) is 0 Å². The first kappa shape index (κ1) is 18.8. The second kappa shape index (κ2) is 9.12. The molecule has 0 spiro atoms. The van der Waals surface area contributed by atoms with Gasteiger partial charge in [-0.25, -0.2) is 4.98 Å². The third-order valence-electron chi connectivity index (χ3n) is 4.65. The molecule has 26 heavy (non-hydrogen) atoms. The summed E-state index contributed by atoms with van der Waals surface area (Å²) < 4.78 is 5.73. The average molecular weight is 375 g/mol. The van der Waals surface area contributed by atoms with Gasteiger partial charge in [-0.3, -0.25) is 9.69 Å². The average Bonchev–Trinajstić information content (AvgIpc) is 3.19. The lowest BCUT2D eigenvalue weighted by Crippen LogP contribution is -2.54. The van der Waals surface area contributed by atoms with Crippen LogP contribution in [0.5, 0.6) is 5.75 Å². The third-order valence-corrected chi connectivity index (χ3v) is 5.24. The Balaban J connectivity index is 1.70. The lowest BCUT2D eigenvalue weighted by Gasteiger charge is -2.41. The molecule has 0 bridgehead atoms. The topological polar surface area (TPSA) is 65.9 Å². The van der Waals surface area contributed by atoms with Crippen LogP contribution >= 0.6 is 11.3 Å². The van der Waals surface area contributed by atoms with Crippen LogP contribution in [0.4, 0.5) is 0 Å². The van der Waals surface area contributed by atoms with Gasteiger partial charge in [0.2, 0.25) is 0 Å². The summed E-state index contributed by atoms with van der Waals surface area (Å²) in [6.45, 7) is 5.50. The standard InChI is InChI=1S/C19H25N3O3S/c1-2-25-18-6-4-3-5-15(18)11-21-8-9-22(12-16(21)7-10-23)19(24)17-13-26-14-20-17/h3-6,13-14,16,23H,2,7-12H2,1H3/t16-/m1/s1. The summed E-state index contributed by atoms with van der Waals surface area (Å²) in [5.41, 5.74) is 3.32. The van der Waals surface area contributed by atoms with Crippen molar-refractivity contribution in [2.24, 2.45) is 0 Å². The van der Waals surface area contributed by atoms with Crippen molar-refractivity contribution in [2.45, 2.75) is 25.9 Å². The van der Waals surface area contributed by atoms with Crippen molar-refractivity contribution < 1.29 is 14.6 Å². The van der Waals surface area contributed by atoms with E-state index in [2.05, 4.69) is 16.0 Å². The lowest BCUT2D eigenvalue weighted by molar-refractivity contribution is 0.0388. The number of para-hydroxylation sites is 1. The van der Waals surface area contributed by atoms with Crippen molar-refractivity contribution in [3.63, 3.8) is 0 Å². The van der Waals surface area contributed by atoms with Crippen molar-refractivity contribution in [2.75, 3.05) is 32.8 Å². The molecule has 7 heteroatoms. The van der Waals surface area contributed by atoms with E-state index in [1.165, 1.54) is 11.3 Å². The molecule has 0 saturated carbocycles. The zero-order valence-electron chi connectivity index (χ0n) is 15.0. The number of hydrogen-bond donors (Lipinski definition) is 1. The molecule has 1 aliphatic rings. The van der Waals surface area contributed by atoms with E-state index in [9.17, 15) is 9.90 Å². The van der Waals surface area contributed by atoms with Crippen LogP contribution in [0.2, 0.25) is 0 Å². The van der Waals surface area contributed by atoms with E-state index in [1.807, 2.05) is 30.0 Å². The fraction of sp³-hybridized carbons (Fsp3) is 0.474. The maximum Gasteiger partial charge on any atom is 0.273 e. The van der Waals surface area contributed by atoms with Crippen molar-refractivity contribution in [3.05, 3.63) is 46.4 Å². The molecule has 140 valence electrons. The number of benzene rings is 1. The molecule has 1 fully saturated rings. The first-order chi connectivity index (χ1) is 12.7. The summed E-state index contributed by atoms with van der Waals surface area (Å²) in [5, 5.41) is 11.3. The molecule has 3 rings (SSSR count). The van der Waals surface area contributed by atoms with E-state index in [4.69, 9.17) is 4.74 Å². The van der Waals surface area contributed by atoms with Crippen LogP contribution in [0.1, 0.15) is 29.4 Å². The highest BCUT2D eigenvalue weighted by molar-refractivity contribution is 7.07. The number of carbonyl (C=O) groups excluding carboxylic acids is 1. The molecule has 6 nitrogen and oxygen atoms in total. The molecule has 0 unspecified atom stereocenters. The number of aliphatic hydroxyl groups is 1. The van der Waals surface area contributed by atoms with Crippen molar-refractivity contribution >= 4 is 17.2 Å². The number of piperazine rings is 1. The number of ether oxygens (including phenoxy) is 1. The monoisotopic (exact) mass is 375 g/mol. The molecule has 1 aromatic heterocycles. The summed E-state index contributed by atoms with van der Waals surface area (Å²) in [5.74, 6) is 0.877. The zero-order valence-corrected chi connectivity index (χ0v) is 15.8. The lowest BCUT2D eigenvalue weighted by atomic mass is 10.1. The van der Waals surface area contributed by atoms with Crippen molar-refractivity contribution in [3.8, 4) is 5.75 Å². The van der Waals surface area contributed by atoms with Crippen LogP contribution in [0.25, 0.3) is 0 Å². The van der Waals surface area contributed by atoms with Crippen LogP contribution in [0.15, 0.2) is 35.2 Å². The highest BCUT2D eigenvalue weighted by Crippen LogP contribution is 2.24. The minimum Gasteiger partial charge on any atom is -0.494 e. The van der Waals surface area contributed by atoms with E-state index in [0.717, 1.165) is 24.4 Å². The predicted octanol–water partition coefficient (Wildman–Crippen LogP) is 2.25. The minimum atomic E-state index is -0.0245. The summed E-state index contributed by atoms with van der Waals surface area (Å²) >= 11 is 1.43. The number of aliphatic hydroxyl groups excluding tert-OH is 1. The van der Waals surface area contributed by atoms with Gasteiger partial charge in [0.05, 0.1) is 12.1 Å². The smallest absolute Gasteiger partial charge is 0.273 e. The van der Waals surface area contributed by atoms with E-state index in [-0.39, 0.29) is 18.6 Å². The largest absolute Gasteiger partial charge is 0.494 e. The number of amides is 1. The minimum absolute atomic E-state index is 0.0245. The number of carbonyl (C=O) groups is 1. The van der Waals surface area contributed by atoms with Gasteiger partial charge in [-0.05, 0) is 19.4 Å². The normalized spacial score (nSPS) is 18.1. The first-order valence-corrected chi connectivity index (χ1v) is 9.90. The second-order valence-electron chi connectivity index (χ2n) is 6.30. The van der Waals surface area contributed by atoms with Gasteiger partial charge < -0.3 is 14.7 Å². The number of rotatable bonds is 7. The maximum atomic E-state index is 12.6. The maximum absolute atomic E-state index is 12.6. The molecule has 1 atom stereocenters. The number of aromatic nitrogens is 1. The Bertz CT molecular complexity index is 708. The molecule has 2 heterocycles. The van der Waals surface area contributed by atoms with Gasteiger partial charge in [0.15, 0.2) is 0 Å². The van der Waals surface area contributed by atoms with Crippen LogP contribution in [0, 0.1) is 0 Å². The molecule has 1 aromatic carbocycles. The Morgan fingerprint density at radius 2 is 2.23 bits per heavy atom. The summed E-state index contributed by atoms with van der Waals surface area (Å²) in [6.07, 6.45) is 0.637. The molecule has 1 aliphatic heterocycles. The highest BCUT2D eigenvalue weighted by Gasteiger charge is 2.30. The van der Waals surface area contributed by atoms with E-state index >= 15 is 0 Å². The Labute approximate surface area is 158 Å². The molecule has 2 aromatic rings. The molecule has 1 amide bonds. The fourth-order valence-electron chi connectivity index (χ4n) is 3.34. The fourth-order valence-corrected chi connectivity index (χ4v) is 3.86. The van der Waals surface area contributed by atoms with Crippen molar-refractivity contribution in [1.29, 1.82) is 0 Å².